The van der Waals surface area contributed by atoms with Crippen LogP contribution in [0.5, 0.6) is 0 Å². The van der Waals surface area contributed by atoms with Crippen LogP contribution in [0.4, 0.5) is 5.69 Å². The highest BCUT2D eigenvalue weighted by Gasteiger charge is 2.14. The molecule has 2 heterocycles. The van der Waals surface area contributed by atoms with Crippen molar-refractivity contribution in [3.63, 3.8) is 0 Å². The summed E-state index contributed by atoms with van der Waals surface area (Å²) in [7, 11) is 1.98. The van der Waals surface area contributed by atoms with E-state index < -0.39 is 0 Å². The summed E-state index contributed by atoms with van der Waals surface area (Å²) in [5.41, 5.74) is 5.07. The molecule has 8 heteroatoms. The quantitative estimate of drug-likeness (QED) is 0.401. The zero-order valence-corrected chi connectivity index (χ0v) is 19.3. The van der Waals surface area contributed by atoms with Crippen LogP contribution in [0, 0.1) is 13.8 Å². The number of thioether (sulfide) groups is 1. The number of para-hydroxylation sites is 1. The molecule has 0 saturated heterocycles. The molecule has 2 aromatic heterocycles. The van der Waals surface area contributed by atoms with Crippen LogP contribution in [-0.4, -0.2) is 25.7 Å². The Morgan fingerprint density at radius 1 is 1.06 bits per heavy atom. The molecule has 0 aliphatic heterocycles. The fourth-order valence-corrected chi connectivity index (χ4v) is 4.88. The van der Waals surface area contributed by atoms with E-state index in [1.807, 2.05) is 60.3 Å². The Labute approximate surface area is 189 Å². The minimum Gasteiger partial charge on any atom is -0.325 e. The number of nitrogens with one attached hydrogen (secondary N) is 1. The summed E-state index contributed by atoms with van der Waals surface area (Å²) >= 11 is 3.10. The molecule has 0 unspecified atom stereocenters. The highest BCUT2D eigenvalue weighted by atomic mass is 32.2. The Morgan fingerprint density at radius 3 is 2.58 bits per heavy atom. The molecule has 2 aromatic carbocycles. The second-order valence-electron chi connectivity index (χ2n) is 7.24. The van der Waals surface area contributed by atoms with Crippen LogP contribution < -0.4 is 5.32 Å². The van der Waals surface area contributed by atoms with E-state index in [1.54, 1.807) is 11.8 Å². The Bertz CT molecular complexity index is 1210. The number of hydrogen-bond acceptors (Lipinski definition) is 6. The lowest BCUT2D eigenvalue weighted by Crippen LogP contribution is -2.15. The molecule has 31 heavy (non-hydrogen) atoms. The fourth-order valence-electron chi connectivity index (χ4n) is 3.18. The normalized spacial score (nSPS) is 10.9. The van der Waals surface area contributed by atoms with Gasteiger partial charge in [-0.05, 0) is 31.0 Å². The maximum absolute atomic E-state index is 12.4. The Kier molecular flexibility index (Phi) is 6.48. The third kappa shape index (κ3) is 5.03. The van der Waals surface area contributed by atoms with Crippen molar-refractivity contribution in [1.29, 1.82) is 0 Å². The first kappa shape index (κ1) is 21.3. The van der Waals surface area contributed by atoms with E-state index in [0.717, 1.165) is 38.5 Å². The maximum Gasteiger partial charge on any atom is 0.231 e. The molecule has 158 valence electrons. The van der Waals surface area contributed by atoms with Crippen molar-refractivity contribution in [2.75, 3.05) is 5.32 Å². The number of hydrogen-bond donors (Lipinski definition) is 1. The van der Waals surface area contributed by atoms with E-state index in [9.17, 15) is 4.79 Å². The van der Waals surface area contributed by atoms with E-state index in [1.165, 1.54) is 16.9 Å². The number of rotatable bonds is 7. The zero-order chi connectivity index (χ0) is 21.8. The van der Waals surface area contributed by atoms with Gasteiger partial charge in [0.05, 0.1) is 12.1 Å². The largest absolute Gasteiger partial charge is 0.325 e. The van der Waals surface area contributed by atoms with Crippen LogP contribution in [0.3, 0.4) is 0 Å². The number of aryl methyl sites for hydroxylation is 2. The number of anilines is 1. The summed E-state index contributed by atoms with van der Waals surface area (Å²) < 4.78 is 2.01. The Morgan fingerprint density at radius 2 is 1.81 bits per heavy atom. The molecular weight excluding hydrogens is 426 g/mol. The first-order valence-electron chi connectivity index (χ1n) is 9.88. The van der Waals surface area contributed by atoms with Gasteiger partial charge in [0.1, 0.15) is 5.01 Å². The van der Waals surface area contributed by atoms with Gasteiger partial charge in [0.15, 0.2) is 11.0 Å². The number of carbonyl (C=O) groups is 1. The number of carbonyl (C=O) groups excluding carboxylic acids is 1. The standard InChI is InChI=1S/C23H23N5OS2/c1-15-8-4-6-10-18(15)22-26-27-23(28(22)3)31-14-17-13-30-21(24-17)12-20(29)25-19-11-7-5-9-16(19)2/h4-11,13H,12,14H2,1-3H3,(H,25,29). The Hall–Kier alpha value is -2.97. The predicted octanol–water partition coefficient (Wildman–Crippen LogP) is 5.03. The van der Waals surface area contributed by atoms with Crippen LogP contribution in [-0.2, 0) is 24.0 Å². The molecule has 0 saturated carbocycles. The van der Waals surface area contributed by atoms with Gasteiger partial charge >= 0.3 is 0 Å². The van der Waals surface area contributed by atoms with Crippen molar-refractivity contribution in [2.24, 2.45) is 7.05 Å². The van der Waals surface area contributed by atoms with Gasteiger partial charge in [-0.2, -0.15) is 0 Å². The van der Waals surface area contributed by atoms with Crippen molar-refractivity contribution in [3.05, 3.63) is 75.7 Å². The van der Waals surface area contributed by atoms with Gasteiger partial charge in [0.2, 0.25) is 5.91 Å². The van der Waals surface area contributed by atoms with Crippen molar-refractivity contribution in [1.82, 2.24) is 19.7 Å². The molecule has 0 aliphatic rings. The third-order valence-electron chi connectivity index (χ3n) is 4.90. The Balaban J connectivity index is 1.36. The molecule has 4 aromatic rings. The van der Waals surface area contributed by atoms with Gasteiger partial charge in [0.25, 0.3) is 0 Å². The van der Waals surface area contributed by atoms with Crippen LogP contribution in [0.1, 0.15) is 21.8 Å². The minimum atomic E-state index is -0.0565. The summed E-state index contributed by atoms with van der Waals surface area (Å²) in [6.07, 6.45) is 0.269. The van der Waals surface area contributed by atoms with Crippen LogP contribution >= 0.6 is 23.1 Å². The maximum atomic E-state index is 12.4. The summed E-state index contributed by atoms with van der Waals surface area (Å²) in [6.45, 7) is 4.05. The van der Waals surface area contributed by atoms with E-state index in [4.69, 9.17) is 0 Å². The molecule has 0 aliphatic carbocycles. The molecule has 1 amide bonds. The molecule has 1 N–H and O–H groups in total. The summed E-state index contributed by atoms with van der Waals surface area (Å²) in [5.74, 6) is 1.47. The highest BCUT2D eigenvalue weighted by molar-refractivity contribution is 7.98. The second-order valence-corrected chi connectivity index (χ2v) is 9.13. The van der Waals surface area contributed by atoms with Crippen molar-refractivity contribution >= 4 is 34.7 Å². The number of nitrogens with zero attached hydrogens (tertiary/aromatic N) is 4. The highest BCUT2D eigenvalue weighted by Crippen LogP contribution is 2.27. The molecule has 0 bridgehead atoms. The summed E-state index contributed by atoms with van der Waals surface area (Å²) in [6, 6.07) is 15.9. The van der Waals surface area contributed by atoms with E-state index in [-0.39, 0.29) is 12.3 Å². The molecule has 4 rings (SSSR count). The molecule has 0 fully saturated rings. The van der Waals surface area contributed by atoms with Gasteiger partial charge in [-0.15, -0.1) is 21.5 Å². The average molecular weight is 450 g/mol. The predicted molar refractivity (Wildman–Crippen MR) is 126 cm³/mol. The summed E-state index contributed by atoms with van der Waals surface area (Å²) in [4.78, 5) is 17.0. The van der Waals surface area contributed by atoms with Gasteiger partial charge in [-0.3, -0.25) is 4.79 Å². The topological polar surface area (TPSA) is 72.7 Å². The van der Waals surface area contributed by atoms with Crippen LogP contribution in [0.25, 0.3) is 11.4 Å². The number of thiazole rings is 1. The lowest BCUT2D eigenvalue weighted by molar-refractivity contribution is -0.115. The molecule has 0 spiro atoms. The minimum absolute atomic E-state index is 0.0565. The molecular formula is C23H23N5OS2. The van der Waals surface area contributed by atoms with E-state index in [0.29, 0.717) is 5.75 Å². The van der Waals surface area contributed by atoms with Crippen LogP contribution in [0.15, 0.2) is 59.1 Å². The number of benzene rings is 2. The van der Waals surface area contributed by atoms with Crippen LogP contribution in [0.2, 0.25) is 0 Å². The van der Waals surface area contributed by atoms with Crippen molar-refractivity contribution < 1.29 is 4.79 Å². The third-order valence-corrected chi connectivity index (χ3v) is 6.85. The number of aromatic nitrogens is 4. The van der Waals surface area contributed by atoms with Gasteiger partial charge in [-0.25, -0.2) is 4.98 Å². The van der Waals surface area contributed by atoms with E-state index >= 15 is 0 Å². The first-order chi connectivity index (χ1) is 15.0. The molecule has 0 radical (unpaired) electrons. The number of amides is 1. The molecule has 6 nitrogen and oxygen atoms in total. The average Bonchev–Trinajstić information content (AvgIpc) is 3.35. The van der Waals surface area contributed by atoms with E-state index in [2.05, 4.69) is 39.6 Å². The first-order valence-corrected chi connectivity index (χ1v) is 11.7. The van der Waals surface area contributed by atoms with Gasteiger partial charge in [0, 0.05) is 29.4 Å². The zero-order valence-electron chi connectivity index (χ0n) is 17.6. The second kappa shape index (κ2) is 9.45. The van der Waals surface area contributed by atoms with Gasteiger partial charge < -0.3 is 9.88 Å². The van der Waals surface area contributed by atoms with Crippen molar-refractivity contribution in [3.8, 4) is 11.4 Å². The van der Waals surface area contributed by atoms with Crippen molar-refractivity contribution in [2.45, 2.75) is 31.2 Å². The lowest BCUT2D eigenvalue weighted by atomic mass is 10.1. The lowest BCUT2D eigenvalue weighted by Gasteiger charge is -2.06. The molecule has 0 atom stereocenters. The smallest absolute Gasteiger partial charge is 0.231 e. The summed E-state index contributed by atoms with van der Waals surface area (Å²) in [5, 5.41) is 15.3. The monoisotopic (exact) mass is 449 g/mol. The fraction of sp³-hybridized carbons (Fsp3) is 0.217. The SMILES string of the molecule is Cc1ccccc1NC(=O)Cc1nc(CSc2nnc(-c3ccccc3C)n2C)cs1. The van der Waals surface area contributed by atoms with Gasteiger partial charge in [-0.1, -0.05) is 54.2 Å².